The number of rotatable bonds is 4. The van der Waals surface area contributed by atoms with Gasteiger partial charge in [-0.3, -0.25) is 0 Å². The molecule has 0 bridgehead atoms. The minimum Gasteiger partial charge on any atom is -0.478 e. The highest BCUT2D eigenvalue weighted by molar-refractivity contribution is 7.12. The quantitative estimate of drug-likeness (QED) is 0.466. The first-order valence-electron chi connectivity index (χ1n) is 8.16. The summed E-state index contributed by atoms with van der Waals surface area (Å²) in [6, 6.07) is 8.55. The molecule has 0 aliphatic heterocycles. The van der Waals surface area contributed by atoms with Gasteiger partial charge in [-0.15, -0.1) is 11.3 Å². The molecular formula is C19H17N3O4S. The molecule has 1 aromatic carbocycles. The van der Waals surface area contributed by atoms with Crippen LogP contribution in [0.25, 0.3) is 11.3 Å². The topological polar surface area (TPSA) is 116 Å². The van der Waals surface area contributed by atoms with Crippen LogP contribution in [0.5, 0.6) is 0 Å². The molecule has 0 fully saturated rings. The van der Waals surface area contributed by atoms with E-state index in [2.05, 4.69) is 41.2 Å². The number of carbonyl (C=O) groups is 2. The molecule has 0 saturated heterocycles. The summed E-state index contributed by atoms with van der Waals surface area (Å²) in [6.07, 6.45) is 5.81. The van der Waals surface area contributed by atoms with Crippen molar-refractivity contribution in [1.29, 1.82) is 0 Å². The predicted molar refractivity (Wildman–Crippen MR) is 101 cm³/mol. The van der Waals surface area contributed by atoms with Gasteiger partial charge in [-0.2, -0.15) is 0 Å². The van der Waals surface area contributed by atoms with Gasteiger partial charge in [-0.05, 0) is 5.56 Å². The van der Waals surface area contributed by atoms with Crippen molar-refractivity contribution in [3.8, 4) is 11.3 Å². The first-order valence-corrected chi connectivity index (χ1v) is 8.98. The molecule has 2 aromatic heterocycles. The molecule has 138 valence electrons. The number of fused-ring (bicyclic) bond motifs is 3. The summed E-state index contributed by atoms with van der Waals surface area (Å²) in [4.78, 5) is 32.7. The standard InChI is InChI=1S/C15H13N3S.C4H4O4/c1-9(12-7-16-8-17-12)15-18-14-11-5-3-2-4-10(11)6-13(14)19-15;5-3(6)1-2-4(7)8/h2-5,7-9H,6H2,1H3,(H,16,17);1-2H,(H,5,6)(H,7,8). The van der Waals surface area contributed by atoms with E-state index in [-0.39, 0.29) is 5.92 Å². The zero-order valence-corrected chi connectivity index (χ0v) is 15.2. The number of benzene rings is 1. The van der Waals surface area contributed by atoms with Crippen LogP contribution in [-0.2, 0) is 16.0 Å². The zero-order valence-electron chi connectivity index (χ0n) is 14.4. The second kappa shape index (κ2) is 7.96. The average molecular weight is 383 g/mol. The molecule has 2 heterocycles. The van der Waals surface area contributed by atoms with E-state index >= 15 is 0 Å². The monoisotopic (exact) mass is 383 g/mol. The number of nitrogens with zero attached hydrogens (tertiary/aromatic N) is 2. The summed E-state index contributed by atoms with van der Waals surface area (Å²) < 4.78 is 0. The van der Waals surface area contributed by atoms with E-state index < -0.39 is 11.9 Å². The molecule has 1 atom stereocenters. The molecule has 1 aliphatic rings. The molecule has 27 heavy (non-hydrogen) atoms. The largest absolute Gasteiger partial charge is 0.478 e. The number of imidazole rings is 1. The number of H-pyrrole nitrogens is 1. The van der Waals surface area contributed by atoms with Crippen molar-refractivity contribution >= 4 is 23.3 Å². The maximum atomic E-state index is 9.55. The Balaban J connectivity index is 0.000000226. The Labute approximate surface area is 159 Å². The molecule has 1 unspecified atom stereocenters. The average Bonchev–Trinajstić information content (AvgIpc) is 3.35. The maximum Gasteiger partial charge on any atom is 0.328 e. The highest BCUT2D eigenvalue weighted by Gasteiger charge is 2.25. The minimum absolute atomic E-state index is 0.258. The fourth-order valence-corrected chi connectivity index (χ4v) is 3.91. The number of carboxylic acid groups (broad SMARTS) is 2. The van der Waals surface area contributed by atoms with Crippen molar-refractivity contribution in [1.82, 2.24) is 15.0 Å². The smallest absolute Gasteiger partial charge is 0.328 e. The third-order valence-corrected chi connectivity index (χ3v) is 5.28. The van der Waals surface area contributed by atoms with Crippen molar-refractivity contribution < 1.29 is 19.8 Å². The number of hydrogen-bond acceptors (Lipinski definition) is 5. The summed E-state index contributed by atoms with van der Waals surface area (Å²) in [5.41, 5.74) is 4.93. The van der Waals surface area contributed by atoms with E-state index in [4.69, 9.17) is 15.2 Å². The summed E-state index contributed by atoms with van der Waals surface area (Å²) in [5.74, 6) is -2.26. The van der Waals surface area contributed by atoms with Crippen LogP contribution in [-0.4, -0.2) is 37.1 Å². The molecule has 7 nitrogen and oxygen atoms in total. The van der Waals surface area contributed by atoms with Gasteiger partial charge in [0.2, 0.25) is 0 Å². The second-order valence-corrected chi connectivity index (χ2v) is 7.00. The highest BCUT2D eigenvalue weighted by Crippen LogP contribution is 2.41. The molecule has 3 aromatic rings. The Morgan fingerprint density at radius 2 is 1.93 bits per heavy atom. The van der Waals surface area contributed by atoms with Gasteiger partial charge in [0, 0.05) is 35.2 Å². The Morgan fingerprint density at radius 1 is 1.22 bits per heavy atom. The van der Waals surface area contributed by atoms with Crippen LogP contribution < -0.4 is 0 Å². The van der Waals surface area contributed by atoms with Crippen LogP contribution >= 0.6 is 11.3 Å². The Bertz CT molecular complexity index is 976. The summed E-state index contributed by atoms with van der Waals surface area (Å²) >= 11 is 1.82. The fraction of sp³-hybridized carbons (Fsp3) is 0.158. The lowest BCUT2D eigenvalue weighted by Crippen LogP contribution is -1.95. The van der Waals surface area contributed by atoms with Gasteiger partial charge >= 0.3 is 11.9 Å². The highest BCUT2D eigenvalue weighted by atomic mass is 32.1. The van der Waals surface area contributed by atoms with Crippen molar-refractivity contribution in [2.45, 2.75) is 19.3 Å². The maximum absolute atomic E-state index is 9.55. The van der Waals surface area contributed by atoms with Crippen LogP contribution in [0.3, 0.4) is 0 Å². The number of hydrogen-bond donors (Lipinski definition) is 3. The lowest BCUT2D eigenvalue weighted by atomic mass is 10.1. The molecule has 4 rings (SSSR count). The van der Waals surface area contributed by atoms with Crippen molar-refractivity contribution in [3.63, 3.8) is 0 Å². The van der Waals surface area contributed by atoms with Crippen molar-refractivity contribution in [3.05, 3.63) is 70.1 Å². The predicted octanol–water partition coefficient (Wildman–Crippen LogP) is 3.30. The number of aromatic nitrogens is 3. The minimum atomic E-state index is -1.26. The van der Waals surface area contributed by atoms with E-state index in [1.54, 1.807) is 6.33 Å². The van der Waals surface area contributed by atoms with Crippen LogP contribution in [0.2, 0.25) is 0 Å². The van der Waals surface area contributed by atoms with Crippen LogP contribution in [0, 0.1) is 0 Å². The second-order valence-electron chi connectivity index (χ2n) is 5.88. The first kappa shape index (κ1) is 18.5. The summed E-state index contributed by atoms with van der Waals surface area (Å²) in [7, 11) is 0. The van der Waals surface area contributed by atoms with E-state index in [0.29, 0.717) is 12.2 Å². The Morgan fingerprint density at radius 3 is 2.56 bits per heavy atom. The Kier molecular flexibility index (Phi) is 5.46. The van der Waals surface area contributed by atoms with Crippen LogP contribution in [0.4, 0.5) is 0 Å². The van der Waals surface area contributed by atoms with E-state index in [1.807, 2.05) is 17.5 Å². The van der Waals surface area contributed by atoms with E-state index in [0.717, 1.165) is 17.1 Å². The fourth-order valence-electron chi connectivity index (χ4n) is 2.74. The SMILES string of the molecule is CC(c1c[nH]cn1)c1nc2c(s1)Cc1ccccc1-2.O=C(O)C=CC(=O)O. The van der Waals surface area contributed by atoms with Gasteiger partial charge in [0.25, 0.3) is 0 Å². The van der Waals surface area contributed by atoms with E-state index in [9.17, 15) is 9.59 Å². The van der Waals surface area contributed by atoms with Gasteiger partial charge in [0.05, 0.1) is 23.6 Å². The van der Waals surface area contributed by atoms with Crippen LogP contribution in [0.15, 0.2) is 48.9 Å². The van der Waals surface area contributed by atoms with Gasteiger partial charge in [0.1, 0.15) is 5.01 Å². The van der Waals surface area contributed by atoms with Gasteiger partial charge in [-0.25, -0.2) is 19.6 Å². The van der Waals surface area contributed by atoms with Crippen molar-refractivity contribution in [2.24, 2.45) is 0 Å². The first-order chi connectivity index (χ1) is 13.0. The molecule has 0 saturated carbocycles. The number of carboxylic acids is 2. The Hall–Kier alpha value is -3.26. The molecular weight excluding hydrogens is 366 g/mol. The normalized spacial score (nSPS) is 12.8. The molecule has 0 spiro atoms. The third-order valence-electron chi connectivity index (χ3n) is 4.04. The van der Waals surface area contributed by atoms with Gasteiger partial charge in [0.15, 0.2) is 0 Å². The number of thiazole rings is 1. The van der Waals surface area contributed by atoms with E-state index in [1.165, 1.54) is 21.7 Å². The molecule has 1 aliphatic carbocycles. The van der Waals surface area contributed by atoms with Gasteiger partial charge in [-0.1, -0.05) is 31.2 Å². The number of aliphatic carboxylic acids is 2. The number of aromatic amines is 1. The molecule has 0 amide bonds. The third kappa shape index (κ3) is 4.29. The lowest BCUT2D eigenvalue weighted by molar-refractivity contribution is -0.134. The van der Waals surface area contributed by atoms with Crippen molar-refractivity contribution in [2.75, 3.05) is 0 Å². The number of nitrogens with one attached hydrogen (secondary N) is 1. The van der Waals surface area contributed by atoms with Gasteiger partial charge < -0.3 is 15.2 Å². The molecule has 8 heteroatoms. The molecule has 0 radical (unpaired) electrons. The summed E-state index contributed by atoms with van der Waals surface area (Å²) in [6.45, 7) is 2.16. The zero-order chi connectivity index (χ0) is 19.4. The molecule has 3 N–H and O–H groups in total. The lowest BCUT2D eigenvalue weighted by Gasteiger charge is -2.04. The summed E-state index contributed by atoms with van der Waals surface area (Å²) in [5, 5.41) is 16.8. The van der Waals surface area contributed by atoms with Crippen LogP contribution in [0.1, 0.15) is 34.0 Å².